The average molecular weight is 296 g/mol. The molecule has 124 valence electrons. The molecule has 1 atom stereocenters. The van der Waals surface area contributed by atoms with Crippen LogP contribution in [0.4, 0.5) is 0 Å². The van der Waals surface area contributed by atoms with Crippen molar-refractivity contribution in [3.05, 3.63) is 24.4 Å². The molecule has 21 heavy (non-hydrogen) atoms. The number of rotatable bonds is 15. The number of unbranched alkanes of at least 4 members (excludes halogenated alkanes) is 5. The lowest BCUT2D eigenvalue weighted by molar-refractivity contribution is 0.572. The molecule has 0 heterocycles. The van der Waals surface area contributed by atoms with Crippen LogP contribution >= 0.6 is 0 Å². The Bertz CT molecular complexity index is 274. The van der Waals surface area contributed by atoms with E-state index in [9.17, 15) is 0 Å². The molecule has 0 aromatic rings. The zero-order valence-electron chi connectivity index (χ0n) is 14.3. The minimum absolute atomic E-state index is 0.163. The lowest BCUT2D eigenvalue weighted by Crippen LogP contribution is -2.21. The Balaban J connectivity index is 3.29. The third-order valence-corrected chi connectivity index (χ3v) is 3.86. The van der Waals surface area contributed by atoms with Gasteiger partial charge in [0, 0.05) is 18.3 Å². The summed E-state index contributed by atoms with van der Waals surface area (Å²) in [6, 6.07) is 0.163. The summed E-state index contributed by atoms with van der Waals surface area (Å²) in [5.41, 5.74) is 8.22. The molecular weight excluding hydrogens is 258 g/mol. The molecule has 0 bridgehead atoms. The first-order valence-corrected chi connectivity index (χ1v) is 8.55. The van der Waals surface area contributed by atoms with Gasteiger partial charge in [0.1, 0.15) is 0 Å². The highest BCUT2D eigenvalue weighted by Gasteiger charge is 2.02. The second-order valence-electron chi connectivity index (χ2n) is 6.10. The van der Waals surface area contributed by atoms with Crippen molar-refractivity contribution < 1.29 is 0 Å². The topological polar surface area (TPSA) is 50.1 Å². The Morgan fingerprint density at radius 2 is 1.57 bits per heavy atom. The first-order valence-electron chi connectivity index (χ1n) is 8.55. The second kappa shape index (κ2) is 14.2. The molecule has 0 saturated carbocycles. The lowest BCUT2D eigenvalue weighted by atomic mass is 10.0. The van der Waals surface area contributed by atoms with Gasteiger partial charge in [0.15, 0.2) is 0 Å². The Kier molecular flexibility index (Phi) is 13.6. The van der Waals surface area contributed by atoms with Crippen LogP contribution in [0.15, 0.2) is 24.4 Å². The molecule has 0 aliphatic carbocycles. The van der Waals surface area contributed by atoms with Gasteiger partial charge in [0.05, 0.1) is 0 Å². The molecule has 0 aliphatic rings. The summed E-state index contributed by atoms with van der Waals surface area (Å²) in [4.78, 5) is 0. The number of nitrogens with two attached hydrogens (primary N) is 1. The molecule has 0 rings (SSSR count). The van der Waals surface area contributed by atoms with Crippen LogP contribution in [-0.2, 0) is 0 Å². The van der Waals surface area contributed by atoms with Crippen molar-refractivity contribution in [3.8, 4) is 0 Å². The fraction of sp³-hybridized carbons (Fsp3) is 0.778. The van der Waals surface area contributed by atoms with Crippen molar-refractivity contribution in [3.63, 3.8) is 0 Å². The van der Waals surface area contributed by atoms with Gasteiger partial charge in [-0.15, -0.1) is 0 Å². The number of nitrogens with one attached hydrogen (secondary N) is 2. The van der Waals surface area contributed by atoms with Gasteiger partial charge in [-0.25, -0.2) is 0 Å². The molecule has 0 aliphatic heterocycles. The summed E-state index contributed by atoms with van der Waals surface area (Å²) in [7, 11) is 2.02. The Labute approximate surface area is 132 Å². The molecule has 4 N–H and O–H groups in total. The van der Waals surface area contributed by atoms with Gasteiger partial charge in [-0.3, -0.25) is 0 Å². The predicted octanol–water partition coefficient (Wildman–Crippen LogP) is 3.72. The van der Waals surface area contributed by atoms with Crippen molar-refractivity contribution in [2.24, 2.45) is 5.73 Å². The second-order valence-corrected chi connectivity index (χ2v) is 6.10. The van der Waals surface area contributed by atoms with Crippen molar-refractivity contribution in [2.75, 3.05) is 20.1 Å². The van der Waals surface area contributed by atoms with Crippen LogP contribution in [0.5, 0.6) is 0 Å². The minimum Gasteiger partial charge on any atom is -0.389 e. The highest BCUT2D eigenvalue weighted by Crippen LogP contribution is 2.09. The highest BCUT2D eigenvalue weighted by molar-refractivity contribution is 4.99. The SMILES string of the molecule is C=C(CCCCCCCNC)NCCCCC(N)C(=C)C. The Hall–Kier alpha value is -0.800. The number of allylic oxidation sites excluding steroid dienone is 1. The van der Waals surface area contributed by atoms with Crippen LogP contribution in [0.2, 0.25) is 0 Å². The summed E-state index contributed by atoms with van der Waals surface area (Å²) >= 11 is 0. The van der Waals surface area contributed by atoms with Crippen molar-refractivity contribution in [2.45, 2.75) is 70.8 Å². The summed E-state index contributed by atoms with van der Waals surface area (Å²) in [6.45, 7) is 12.2. The van der Waals surface area contributed by atoms with Crippen LogP contribution in [0.25, 0.3) is 0 Å². The first kappa shape index (κ1) is 20.2. The summed E-state index contributed by atoms with van der Waals surface area (Å²) < 4.78 is 0. The monoisotopic (exact) mass is 295 g/mol. The fourth-order valence-corrected chi connectivity index (χ4v) is 2.26. The van der Waals surface area contributed by atoms with E-state index in [1.165, 1.54) is 37.8 Å². The summed E-state index contributed by atoms with van der Waals surface area (Å²) in [5, 5.41) is 6.62. The van der Waals surface area contributed by atoms with Gasteiger partial charge >= 0.3 is 0 Å². The molecule has 0 radical (unpaired) electrons. The maximum Gasteiger partial charge on any atom is 0.0248 e. The van der Waals surface area contributed by atoms with Gasteiger partial charge in [-0.1, -0.05) is 38.0 Å². The molecule has 1 unspecified atom stereocenters. The third-order valence-electron chi connectivity index (χ3n) is 3.86. The summed E-state index contributed by atoms with van der Waals surface area (Å²) in [5.74, 6) is 0. The molecule has 3 heteroatoms. The van der Waals surface area contributed by atoms with E-state index in [1.54, 1.807) is 0 Å². The molecule has 0 amide bonds. The van der Waals surface area contributed by atoms with Gasteiger partial charge in [0.2, 0.25) is 0 Å². The van der Waals surface area contributed by atoms with E-state index in [4.69, 9.17) is 5.73 Å². The van der Waals surface area contributed by atoms with E-state index < -0.39 is 0 Å². The largest absolute Gasteiger partial charge is 0.389 e. The van der Waals surface area contributed by atoms with E-state index in [0.29, 0.717) is 0 Å². The molecule has 3 nitrogen and oxygen atoms in total. The Morgan fingerprint density at radius 1 is 0.952 bits per heavy atom. The van der Waals surface area contributed by atoms with Gasteiger partial charge in [-0.2, -0.15) is 0 Å². The maximum atomic E-state index is 5.94. The van der Waals surface area contributed by atoms with Gasteiger partial charge < -0.3 is 16.4 Å². The zero-order chi connectivity index (χ0) is 15.9. The third kappa shape index (κ3) is 13.9. The smallest absolute Gasteiger partial charge is 0.0248 e. The molecule has 0 aromatic heterocycles. The van der Waals surface area contributed by atoms with Crippen molar-refractivity contribution >= 4 is 0 Å². The van der Waals surface area contributed by atoms with Crippen LogP contribution < -0.4 is 16.4 Å². The van der Waals surface area contributed by atoms with Gasteiger partial charge in [-0.05, 0) is 59.0 Å². The highest BCUT2D eigenvalue weighted by atomic mass is 14.9. The van der Waals surface area contributed by atoms with E-state index >= 15 is 0 Å². The molecule has 0 aromatic carbocycles. The quantitative estimate of drug-likeness (QED) is 0.319. The van der Waals surface area contributed by atoms with Crippen LogP contribution in [0.3, 0.4) is 0 Å². The van der Waals surface area contributed by atoms with Crippen LogP contribution in [0.1, 0.15) is 64.7 Å². The summed E-state index contributed by atoms with van der Waals surface area (Å²) in [6.07, 6.45) is 11.0. The van der Waals surface area contributed by atoms with E-state index in [1.807, 2.05) is 14.0 Å². The molecular formula is C18H37N3. The molecule has 0 saturated heterocycles. The predicted molar refractivity (Wildman–Crippen MR) is 95.4 cm³/mol. The number of hydrogen-bond donors (Lipinski definition) is 3. The normalized spacial score (nSPS) is 12.1. The molecule has 0 fully saturated rings. The lowest BCUT2D eigenvalue weighted by Gasteiger charge is -2.12. The zero-order valence-corrected chi connectivity index (χ0v) is 14.3. The fourth-order valence-electron chi connectivity index (χ4n) is 2.26. The van der Waals surface area contributed by atoms with E-state index in [0.717, 1.165) is 44.3 Å². The maximum absolute atomic E-state index is 5.94. The van der Waals surface area contributed by atoms with Crippen molar-refractivity contribution in [1.82, 2.24) is 10.6 Å². The minimum atomic E-state index is 0.163. The van der Waals surface area contributed by atoms with Gasteiger partial charge in [0.25, 0.3) is 0 Å². The number of hydrogen-bond acceptors (Lipinski definition) is 3. The Morgan fingerprint density at radius 3 is 2.24 bits per heavy atom. The first-order chi connectivity index (χ1) is 10.1. The van der Waals surface area contributed by atoms with E-state index in [2.05, 4.69) is 23.8 Å². The van der Waals surface area contributed by atoms with Crippen molar-refractivity contribution in [1.29, 1.82) is 0 Å². The van der Waals surface area contributed by atoms with E-state index in [-0.39, 0.29) is 6.04 Å². The molecule has 0 spiro atoms. The average Bonchev–Trinajstić information content (AvgIpc) is 2.45. The van der Waals surface area contributed by atoms with Crippen LogP contribution in [-0.4, -0.2) is 26.2 Å². The van der Waals surface area contributed by atoms with Crippen LogP contribution in [0, 0.1) is 0 Å². The standard InChI is InChI=1S/C18H37N3/c1-16(2)18(19)13-9-11-15-21-17(3)12-8-6-5-7-10-14-20-4/h18,20-21H,1,3,5-15,19H2,2,4H3.